The first-order chi connectivity index (χ1) is 11.6. The fourth-order valence-electron chi connectivity index (χ4n) is 4.21. The van der Waals surface area contributed by atoms with Crippen molar-refractivity contribution in [2.24, 2.45) is 5.92 Å². The highest BCUT2D eigenvalue weighted by Crippen LogP contribution is 2.29. The topological polar surface area (TPSA) is 56.8 Å². The Morgan fingerprint density at radius 2 is 2.21 bits per heavy atom. The van der Waals surface area contributed by atoms with Crippen LogP contribution in [-0.4, -0.2) is 67.6 Å². The van der Waals surface area contributed by atoms with E-state index >= 15 is 0 Å². The number of hydrogen-bond acceptors (Lipinski definition) is 5. The molecule has 2 fully saturated rings. The number of para-hydroxylation sites is 1. The number of hydrogen-bond donors (Lipinski definition) is 2. The van der Waals surface area contributed by atoms with Gasteiger partial charge >= 0.3 is 0 Å². The Hall–Kier alpha value is -1.63. The van der Waals surface area contributed by atoms with Crippen molar-refractivity contribution in [1.29, 1.82) is 0 Å². The molecule has 6 nitrogen and oxygen atoms in total. The highest BCUT2D eigenvalue weighted by molar-refractivity contribution is 5.82. The highest BCUT2D eigenvalue weighted by Gasteiger charge is 2.43. The second-order valence-corrected chi connectivity index (χ2v) is 7.36. The minimum Gasteiger partial charge on any atom is -0.488 e. The first-order valence-corrected chi connectivity index (χ1v) is 8.81. The molecule has 0 aliphatic carbocycles. The summed E-state index contributed by atoms with van der Waals surface area (Å²) in [5.41, 5.74) is 7.78. The second kappa shape index (κ2) is 6.35. The van der Waals surface area contributed by atoms with Crippen LogP contribution >= 0.6 is 0 Å². The largest absolute Gasteiger partial charge is 0.488 e. The summed E-state index contributed by atoms with van der Waals surface area (Å²) in [6.07, 6.45) is 2.01. The molecule has 1 aromatic carbocycles. The van der Waals surface area contributed by atoms with E-state index in [2.05, 4.69) is 28.9 Å². The van der Waals surface area contributed by atoms with E-state index in [1.807, 2.05) is 30.1 Å². The summed E-state index contributed by atoms with van der Waals surface area (Å²) in [4.78, 5) is 17.1. The van der Waals surface area contributed by atoms with Crippen LogP contribution < -0.4 is 15.6 Å². The zero-order chi connectivity index (χ0) is 16.7. The van der Waals surface area contributed by atoms with E-state index in [1.54, 1.807) is 0 Å². The van der Waals surface area contributed by atoms with Gasteiger partial charge in [-0.25, -0.2) is 5.43 Å². The molecule has 4 rings (SSSR count). The maximum Gasteiger partial charge on any atom is 0.241 e. The summed E-state index contributed by atoms with van der Waals surface area (Å²) in [6.45, 7) is 2.67. The molecule has 0 spiro atoms. The van der Waals surface area contributed by atoms with Gasteiger partial charge in [-0.2, -0.15) is 0 Å². The number of amides is 1. The molecular formula is C18H26N4O2. The Bertz CT molecular complexity index is 598. The van der Waals surface area contributed by atoms with Gasteiger partial charge in [0.15, 0.2) is 0 Å². The molecule has 4 unspecified atom stereocenters. The first kappa shape index (κ1) is 15.9. The molecule has 1 amide bonds. The molecule has 2 saturated heterocycles. The van der Waals surface area contributed by atoms with E-state index in [0.29, 0.717) is 18.5 Å². The number of rotatable bonds is 3. The molecule has 3 aliphatic rings. The van der Waals surface area contributed by atoms with E-state index in [1.165, 1.54) is 5.56 Å². The molecule has 3 heterocycles. The zero-order valence-corrected chi connectivity index (χ0v) is 14.4. The van der Waals surface area contributed by atoms with E-state index in [4.69, 9.17) is 4.74 Å². The molecule has 3 aliphatic heterocycles. The van der Waals surface area contributed by atoms with E-state index in [9.17, 15) is 4.79 Å². The van der Waals surface area contributed by atoms with E-state index in [0.717, 1.165) is 31.7 Å². The van der Waals surface area contributed by atoms with Gasteiger partial charge in [0, 0.05) is 32.0 Å². The molecule has 6 heteroatoms. The molecule has 2 N–H and O–H groups in total. The van der Waals surface area contributed by atoms with Gasteiger partial charge in [0.2, 0.25) is 5.91 Å². The van der Waals surface area contributed by atoms with Crippen molar-refractivity contribution in [3.8, 4) is 5.75 Å². The van der Waals surface area contributed by atoms with Crippen molar-refractivity contribution in [1.82, 2.24) is 20.7 Å². The first-order valence-electron chi connectivity index (χ1n) is 8.81. The van der Waals surface area contributed by atoms with Crippen LogP contribution in [0.15, 0.2) is 24.3 Å². The number of likely N-dealkylation sites (tertiary alicyclic amines) is 1. The van der Waals surface area contributed by atoms with Gasteiger partial charge in [0.1, 0.15) is 17.9 Å². The lowest BCUT2D eigenvalue weighted by atomic mass is 9.88. The Balaban J connectivity index is 1.37. The maximum absolute atomic E-state index is 12.9. The third-order valence-corrected chi connectivity index (χ3v) is 5.55. The van der Waals surface area contributed by atoms with Crippen molar-refractivity contribution in [3.63, 3.8) is 0 Å². The summed E-state index contributed by atoms with van der Waals surface area (Å²) in [5, 5.41) is 0. The predicted molar refractivity (Wildman–Crippen MR) is 91.7 cm³/mol. The number of nitrogens with one attached hydrogen (secondary N) is 2. The number of carbonyl (C=O) groups excluding carboxylic acids is 1. The van der Waals surface area contributed by atoms with Crippen LogP contribution in [0.3, 0.4) is 0 Å². The summed E-state index contributed by atoms with van der Waals surface area (Å²) >= 11 is 0. The summed E-state index contributed by atoms with van der Waals surface area (Å²) in [5.74, 6) is 1.45. The quantitative estimate of drug-likeness (QED) is 0.832. The van der Waals surface area contributed by atoms with E-state index in [-0.39, 0.29) is 18.1 Å². The van der Waals surface area contributed by atoms with E-state index < -0.39 is 0 Å². The van der Waals surface area contributed by atoms with Crippen molar-refractivity contribution < 1.29 is 9.53 Å². The molecule has 0 bridgehead atoms. The van der Waals surface area contributed by atoms with Gasteiger partial charge in [-0.15, -0.1) is 0 Å². The van der Waals surface area contributed by atoms with Gasteiger partial charge in [-0.3, -0.25) is 10.2 Å². The predicted octanol–water partition coefficient (Wildman–Crippen LogP) is 0.245. The number of nitrogens with zero attached hydrogens (tertiary/aromatic N) is 2. The number of carbonyl (C=O) groups is 1. The Labute approximate surface area is 143 Å². The van der Waals surface area contributed by atoms with Crippen LogP contribution in [-0.2, 0) is 11.2 Å². The van der Waals surface area contributed by atoms with Gasteiger partial charge in [-0.05, 0) is 31.6 Å². The van der Waals surface area contributed by atoms with Crippen molar-refractivity contribution >= 4 is 5.91 Å². The number of benzene rings is 1. The lowest BCUT2D eigenvalue weighted by Crippen LogP contribution is -2.51. The zero-order valence-electron chi connectivity index (χ0n) is 14.4. The highest BCUT2D eigenvalue weighted by atomic mass is 16.5. The smallest absolute Gasteiger partial charge is 0.241 e. The number of hydrazine groups is 1. The van der Waals surface area contributed by atoms with Crippen molar-refractivity contribution in [2.45, 2.75) is 31.0 Å². The minimum atomic E-state index is -0.147. The average molecular weight is 330 g/mol. The number of likely N-dealkylation sites (N-methyl/N-ethyl adjacent to an activating group) is 1. The SMILES string of the molecule is CN1CCC2NNC(C(=O)N(C)CC3Cc4ccccc4O3)C2C1. The van der Waals surface area contributed by atoms with Gasteiger partial charge in [0.25, 0.3) is 0 Å². The molecule has 4 atom stereocenters. The van der Waals surface area contributed by atoms with Crippen LogP contribution in [0.25, 0.3) is 0 Å². The fraction of sp³-hybridized carbons (Fsp3) is 0.611. The summed E-state index contributed by atoms with van der Waals surface area (Å²) in [7, 11) is 4.01. The molecule has 130 valence electrons. The monoisotopic (exact) mass is 330 g/mol. The number of fused-ring (bicyclic) bond motifs is 2. The molecule has 24 heavy (non-hydrogen) atoms. The molecule has 0 saturated carbocycles. The van der Waals surface area contributed by atoms with Crippen molar-refractivity contribution in [2.75, 3.05) is 33.7 Å². The van der Waals surface area contributed by atoms with Crippen molar-refractivity contribution in [3.05, 3.63) is 29.8 Å². The second-order valence-electron chi connectivity index (χ2n) is 7.36. The lowest BCUT2D eigenvalue weighted by molar-refractivity contribution is -0.134. The van der Waals surface area contributed by atoms with Crippen LogP contribution in [0, 0.1) is 5.92 Å². The third-order valence-electron chi connectivity index (χ3n) is 5.55. The van der Waals surface area contributed by atoms with Crippen LogP contribution in [0.1, 0.15) is 12.0 Å². The summed E-state index contributed by atoms with van der Waals surface area (Å²) in [6, 6.07) is 8.38. The Morgan fingerprint density at radius 3 is 3.04 bits per heavy atom. The number of piperidine rings is 1. The third kappa shape index (κ3) is 2.90. The normalized spacial score (nSPS) is 32.1. The van der Waals surface area contributed by atoms with Gasteiger partial charge in [-0.1, -0.05) is 18.2 Å². The standard InChI is InChI=1S/C18H26N4O2/c1-21-8-7-15-14(11-21)17(20-19-15)18(23)22(2)10-13-9-12-5-3-4-6-16(12)24-13/h3-6,13-15,17,19-20H,7-11H2,1-2H3. The van der Waals surface area contributed by atoms with Crippen LogP contribution in [0.4, 0.5) is 0 Å². The van der Waals surface area contributed by atoms with Crippen LogP contribution in [0.5, 0.6) is 5.75 Å². The average Bonchev–Trinajstić information content (AvgIpc) is 3.16. The van der Waals surface area contributed by atoms with Gasteiger partial charge in [0.05, 0.1) is 6.54 Å². The fourth-order valence-corrected chi connectivity index (χ4v) is 4.21. The maximum atomic E-state index is 12.9. The van der Waals surface area contributed by atoms with Gasteiger partial charge < -0.3 is 14.5 Å². The molecule has 0 aromatic heterocycles. The molecule has 1 aromatic rings. The lowest BCUT2D eigenvalue weighted by Gasteiger charge is -2.34. The van der Waals surface area contributed by atoms with Crippen LogP contribution in [0.2, 0.25) is 0 Å². The molecule has 0 radical (unpaired) electrons. The molecular weight excluding hydrogens is 304 g/mol. The minimum absolute atomic E-state index is 0.0514. The Morgan fingerprint density at radius 1 is 1.38 bits per heavy atom. The Kier molecular flexibility index (Phi) is 4.20. The summed E-state index contributed by atoms with van der Waals surface area (Å²) < 4.78 is 5.98. The number of ether oxygens (including phenoxy) is 1.